The van der Waals surface area contributed by atoms with Gasteiger partial charge >= 0.3 is 6.29 Å². The van der Waals surface area contributed by atoms with Gasteiger partial charge in [-0.2, -0.15) is 0 Å². The number of nitrogens with two attached hydrogens (primary N) is 1. The molecular weight excluding hydrogens is 416 g/mol. The highest BCUT2D eigenvalue weighted by atomic mass is 19.3. The Hall–Kier alpha value is -2.78. The molecule has 10 heteroatoms. The number of hydrogen-bond acceptors (Lipinski definition) is 5. The summed E-state index contributed by atoms with van der Waals surface area (Å²) in [5.74, 6) is 3.79. The zero-order valence-electron chi connectivity index (χ0n) is 17.1. The van der Waals surface area contributed by atoms with Crippen molar-refractivity contribution < 1.29 is 27.0 Å². The minimum atomic E-state index is -3.77. The smallest absolute Gasteiger partial charge is 0.395 e. The van der Waals surface area contributed by atoms with Crippen LogP contribution < -0.4 is 20.8 Å². The van der Waals surface area contributed by atoms with Gasteiger partial charge in [-0.05, 0) is 57.1 Å². The largest absolute Gasteiger partial charge is 0.586 e. The van der Waals surface area contributed by atoms with Crippen molar-refractivity contribution in [3.63, 3.8) is 0 Å². The van der Waals surface area contributed by atoms with Crippen molar-refractivity contribution in [1.29, 1.82) is 0 Å². The molecule has 1 aliphatic heterocycles. The highest BCUT2D eigenvalue weighted by Gasteiger charge is 2.44. The van der Waals surface area contributed by atoms with Crippen LogP contribution in [0.25, 0.3) is 10.9 Å². The predicted molar refractivity (Wildman–Crippen MR) is 106 cm³/mol. The first kappa shape index (κ1) is 21.5. The fourth-order valence-corrected chi connectivity index (χ4v) is 4.20. The van der Waals surface area contributed by atoms with Crippen LogP contribution in [0.5, 0.6) is 11.5 Å². The summed E-state index contributed by atoms with van der Waals surface area (Å²) >= 11 is 0. The van der Waals surface area contributed by atoms with Crippen molar-refractivity contribution in [2.24, 2.45) is 10.9 Å². The molecule has 0 unspecified atom stereocenters. The number of alkyl halides is 4. The average molecular weight is 440 g/mol. The van der Waals surface area contributed by atoms with Crippen LogP contribution in [0.2, 0.25) is 0 Å². The van der Waals surface area contributed by atoms with Crippen LogP contribution in [0.15, 0.2) is 29.4 Å². The quantitative estimate of drug-likeness (QED) is 0.550. The van der Waals surface area contributed by atoms with Gasteiger partial charge in [-0.3, -0.25) is 0 Å². The van der Waals surface area contributed by atoms with E-state index in [0.717, 1.165) is 0 Å². The number of halogens is 4. The molecule has 1 saturated carbocycles. The number of ether oxygens (including phenoxy) is 2. The number of fused-ring (bicyclic) bond motifs is 3. The molecule has 2 aromatic rings. The van der Waals surface area contributed by atoms with Crippen molar-refractivity contribution in [3.8, 4) is 11.5 Å². The number of aryl methyl sites for hydroxylation is 1. The minimum absolute atomic E-state index is 0.0953. The molecule has 1 aliphatic carbocycles. The van der Waals surface area contributed by atoms with Crippen molar-refractivity contribution in [2.45, 2.75) is 64.1 Å². The molecule has 31 heavy (non-hydrogen) atoms. The SMILES string of the molecule is C=C(CC1CCCC(F)(F)CCC1)N=c1c2ccc3c(c2nc(C)n1N)OC(F)(F)O3. The van der Waals surface area contributed by atoms with E-state index in [2.05, 4.69) is 26.0 Å². The molecule has 0 saturated heterocycles. The molecule has 6 nitrogen and oxygen atoms in total. The molecule has 2 heterocycles. The van der Waals surface area contributed by atoms with Gasteiger partial charge < -0.3 is 15.3 Å². The summed E-state index contributed by atoms with van der Waals surface area (Å²) in [5, 5.41) is 0.409. The van der Waals surface area contributed by atoms with E-state index in [1.54, 1.807) is 13.0 Å². The van der Waals surface area contributed by atoms with E-state index >= 15 is 0 Å². The summed E-state index contributed by atoms with van der Waals surface area (Å²) in [4.78, 5) is 8.83. The number of nitrogen functional groups attached to an aromatic ring is 1. The van der Waals surface area contributed by atoms with E-state index in [4.69, 9.17) is 5.84 Å². The van der Waals surface area contributed by atoms with Crippen LogP contribution in [0.1, 0.15) is 50.8 Å². The van der Waals surface area contributed by atoms with E-state index in [1.807, 2.05) is 0 Å². The predicted octanol–water partition coefficient (Wildman–Crippen LogP) is 4.79. The van der Waals surface area contributed by atoms with Crippen LogP contribution in [0, 0.1) is 12.8 Å². The summed E-state index contributed by atoms with van der Waals surface area (Å²) < 4.78 is 64.6. The van der Waals surface area contributed by atoms with Gasteiger partial charge in [-0.1, -0.05) is 6.58 Å². The Bertz CT molecular complexity index is 1080. The van der Waals surface area contributed by atoms with Gasteiger partial charge in [-0.15, -0.1) is 8.78 Å². The van der Waals surface area contributed by atoms with Crippen LogP contribution >= 0.6 is 0 Å². The summed E-state index contributed by atoms with van der Waals surface area (Å²) in [6.07, 6.45) is -1.15. The summed E-state index contributed by atoms with van der Waals surface area (Å²) in [7, 11) is 0. The molecule has 168 valence electrons. The van der Waals surface area contributed by atoms with Crippen molar-refractivity contribution in [2.75, 3.05) is 5.84 Å². The Balaban J connectivity index is 1.64. The average Bonchev–Trinajstić information content (AvgIpc) is 2.98. The molecule has 1 aromatic carbocycles. The lowest BCUT2D eigenvalue weighted by Crippen LogP contribution is -2.32. The Morgan fingerprint density at radius 2 is 1.90 bits per heavy atom. The first-order valence-corrected chi connectivity index (χ1v) is 10.2. The van der Waals surface area contributed by atoms with E-state index in [-0.39, 0.29) is 35.8 Å². The van der Waals surface area contributed by atoms with Crippen LogP contribution in [0.3, 0.4) is 0 Å². The molecule has 1 aromatic heterocycles. The van der Waals surface area contributed by atoms with Crippen LogP contribution in [0.4, 0.5) is 17.6 Å². The number of aromatic nitrogens is 2. The Kier molecular flexibility index (Phi) is 5.35. The maximum absolute atomic E-state index is 13.6. The maximum Gasteiger partial charge on any atom is 0.586 e. The third kappa shape index (κ3) is 4.47. The Morgan fingerprint density at radius 3 is 2.58 bits per heavy atom. The maximum atomic E-state index is 13.6. The second-order valence-electron chi connectivity index (χ2n) is 8.20. The number of hydrogen-bond donors (Lipinski definition) is 1. The van der Waals surface area contributed by atoms with E-state index in [9.17, 15) is 17.6 Å². The molecule has 4 rings (SSSR count). The van der Waals surface area contributed by atoms with Gasteiger partial charge in [0.1, 0.15) is 11.3 Å². The molecule has 0 spiro atoms. The Labute approximate surface area is 176 Å². The molecule has 0 radical (unpaired) electrons. The highest BCUT2D eigenvalue weighted by molar-refractivity contribution is 5.87. The Morgan fingerprint density at radius 1 is 1.23 bits per heavy atom. The molecule has 2 aliphatic rings. The zero-order chi connectivity index (χ0) is 22.4. The first-order valence-electron chi connectivity index (χ1n) is 10.2. The standard InChI is InChI=1S/C21H24F4N4O2/c1-12(11-14-5-3-9-20(22,23)10-4-6-14)27-19-15-7-8-16-18(31-21(24,25)30-16)17(15)28-13(2)29(19)26/h7-8,14H,1,3-6,9-11,26H2,2H3. The normalized spacial score (nSPS) is 21.1. The summed E-state index contributed by atoms with van der Waals surface area (Å²) in [6, 6.07) is 2.89. The van der Waals surface area contributed by atoms with Gasteiger partial charge in [0.05, 0.1) is 0 Å². The molecule has 0 amide bonds. The van der Waals surface area contributed by atoms with E-state index in [0.29, 0.717) is 54.5 Å². The fraction of sp³-hybridized carbons (Fsp3) is 0.524. The molecule has 0 bridgehead atoms. The number of nitrogens with zero attached hydrogens (tertiary/aromatic N) is 3. The lowest BCUT2D eigenvalue weighted by molar-refractivity contribution is -0.286. The third-order valence-electron chi connectivity index (χ3n) is 5.73. The topological polar surface area (TPSA) is 74.7 Å². The van der Waals surface area contributed by atoms with Gasteiger partial charge in [0, 0.05) is 23.9 Å². The molecule has 0 atom stereocenters. The van der Waals surface area contributed by atoms with Crippen LogP contribution in [-0.2, 0) is 0 Å². The number of benzene rings is 1. The monoisotopic (exact) mass is 440 g/mol. The second kappa shape index (κ2) is 7.72. The van der Waals surface area contributed by atoms with Crippen molar-refractivity contribution in [3.05, 3.63) is 35.7 Å². The molecule has 1 fully saturated rings. The molecule has 2 N–H and O–H groups in total. The van der Waals surface area contributed by atoms with Gasteiger partial charge in [0.2, 0.25) is 5.92 Å². The van der Waals surface area contributed by atoms with Crippen molar-refractivity contribution in [1.82, 2.24) is 9.66 Å². The fourth-order valence-electron chi connectivity index (χ4n) is 4.20. The lowest BCUT2D eigenvalue weighted by Gasteiger charge is -2.24. The van der Waals surface area contributed by atoms with Crippen LogP contribution in [-0.4, -0.2) is 21.9 Å². The number of rotatable bonds is 3. The zero-order valence-corrected chi connectivity index (χ0v) is 17.1. The lowest BCUT2D eigenvalue weighted by atomic mass is 9.87. The highest BCUT2D eigenvalue weighted by Crippen LogP contribution is 2.44. The van der Waals surface area contributed by atoms with E-state index in [1.165, 1.54) is 10.7 Å². The summed E-state index contributed by atoms with van der Waals surface area (Å²) in [5.41, 5.74) is 0.992. The van der Waals surface area contributed by atoms with E-state index < -0.39 is 12.2 Å². The third-order valence-corrected chi connectivity index (χ3v) is 5.73. The van der Waals surface area contributed by atoms with Gasteiger partial charge in [0.25, 0.3) is 0 Å². The molecular formula is C21H24F4N4O2. The number of allylic oxidation sites excluding steroid dienone is 1. The first-order chi connectivity index (χ1) is 14.5. The van der Waals surface area contributed by atoms with Crippen molar-refractivity contribution >= 4 is 10.9 Å². The summed E-state index contributed by atoms with van der Waals surface area (Å²) in [6.45, 7) is 5.63. The van der Waals surface area contributed by atoms with Gasteiger partial charge in [-0.25, -0.2) is 23.4 Å². The minimum Gasteiger partial charge on any atom is -0.395 e. The van der Waals surface area contributed by atoms with Gasteiger partial charge in [0.15, 0.2) is 17.0 Å². The second-order valence-corrected chi connectivity index (χ2v) is 8.20.